The fourth-order valence-electron chi connectivity index (χ4n) is 1.32. The fourth-order valence-corrected chi connectivity index (χ4v) is 1.99. The summed E-state index contributed by atoms with van der Waals surface area (Å²) < 4.78 is 1.78. The first-order chi connectivity index (χ1) is 7.33. The van der Waals surface area contributed by atoms with E-state index < -0.39 is 0 Å². The van der Waals surface area contributed by atoms with Gasteiger partial charge in [-0.05, 0) is 18.4 Å². The molecular weight excluding hydrogens is 230 g/mol. The van der Waals surface area contributed by atoms with E-state index in [9.17, 15) is 0 Å². The van der Waals surface area contributed by atoms with Crippen LogP contribution < -0.4 is 0 Å². The topological polar surface area (TPSA) is 30.7 Å². The Morgan fingerprint density at radius 3 is 2.93 bits per heavy atom. The molecule has 0 saturated heterocycles. The highest BCUT2D eigenvalue weighted by molar-refractivity contribution is 7.97. The predicted molar refractivity (Wildman–Crippen MR) is 63.6 cm³/mol. The van der Waals surface area contributed by atoms with E-state index in [1.807, 2.05) is 30.5 Å². The zero-order valence-corrected chi connectivity index (χ0v) is 9.79. The van der Waals surface area contributed by atoms with Crippen molar-refractivity contribution in [2.75, 3.05) is 6.26 Å². The van der Waals surface area contributed by atoms with Gasteiger partial charge in [-0.2, -0.15) is 16.9 Å². The van der Waals surface area contributed by atoms with Gasteiger partial charge in [0, 0.05) is 0 Å². The van der Waals surface area contributed by atoms with Crippen molar-refractivity contribution in [3.63, 3.8) is 0 Å². The highest BCUT2D eigenvalue weighted by Gasteiger charge is 2.08. The van der Waals surface area contributed by atoms with Gasteiger partial charge in [0.05, 0.1) is 16.5 Å². The van der Waals surface area contributed by atoms with E-state index in [1.165, 1.54) is 0 Å². The Bertz CT molecular complexity index is 455. The standard InChI is InChI=1S/C10H10ClN3S/c1-15-6-10-12-7-13-14(10)9-5-3-2-4-8(9)11/h2-5,7H,6H2,1H3. The van der Waals surface area contributed by atoms with Crippen LogP contribution >= 0.6 is 23.4 Å². The van der Waals surface area contributed by atoms with Gasteiger partial charge in [0.2, 0.25) is 0 Å². The number of rotatable bonds is 3. The lowest BCUT2D eigenvalue weighted by Crippen LogP contribution is -2.02. The highest BCUT2D eigenvalue weighted by atomic mass is 35.5. The van der Waals surface area contributed by atoms with E-state index in [4.69, 9.17) is 11.6 Å². The van der Waals surface area contributed by atoms with Crippen LogP contribution in [0.2, 0.25) is 5.02 Å². The maximum Gasteiger partial charge on any atom is 0.142 e. The van der Waals surface area contributed by atoms with Gasteiger partial charge in [-0.1, -0.05) is 23.7 Å². The normalized spacial score (nSPS) is 10.5. The van der Waals surface area contributed by atoms with Crippen LogP contribution in [0.5, 0.6) is 0 Å². The lowest BCUT2D eigenvalue weighted by Gasteiger charge is -2.06. The smallest absolute Gasteiger partial charge is 0.142 e. The van der Waals surface area contributed by atoms with Gasteiger partial charge in [0.25, 0.3) is 0 Å². The first-order valence-corrected chi connectivity index (χ1v) is 6.23. The third kappa shape index (κ3) is 2.16. The molecule has 0 atom stereocenters. The summed E-state index contributed by atoms with van der Waals surface area (Å²) in [6.45, 7) is 0. The fraction of sp³-hybridized carbons (Fsp3) is 0.200. The number of aromatic nitrogens is 3. The molecule has 0 spiro atoms. The maximum absolute atomic E-state index is 6.09. The Balaban J connectivity index is 2.45. The third-order valence-electron chi connectivity index (χ3n) is 1.97. The van der Waals surface area contributed by atoms with Gasteiger partial charge in [0.15, 0.2) is 0 Å². The molecule has 0 radical (unpaired) electrons. The van der Waals surface area contributed by atoms with E-state index >= 15 is 0 Å². The van der Waals surface area contributed by atoms with Gasteiger partial charge in [-0.3, -0.25) is 0 Å². The average Bonchev–Trinajstić information content (AvgIpc) is 2.67. The second kappa shape index (κ2) is 4.68. The van der Waals surface area contributed by atoms with Crippen molar-refractivity contribution in [2.24, 2.45) is 0 Å². The summed E-state index contributed by atoms with van der Waals surface area (Å²) in [4.78, 5) is 4.20. The number of nitrogens with zero attached hydrogens (tertiary/aromatic N) is 3. The summed E-state index contributed by atoms with van der Waals surface area (Å²) in [6.07, 6.45) is 3.58. The van der Waals surface area contributed by atoms with Crippen LogP contribution in [0.3, 0.4) is 0 Å². The van der Waals surface area contributed by atoms with Crippen LogP contribution in [0.15, 0.2) is 30.6 Å². The number of hydrogen-bond acceptors (Lipinski definition) is 3. The molecule has 0 bridgehead atoms. The lowest BCUT2D eigenvalue weighted by molar-refractivity contribution is 0.834. The second-order valence-electron chi connectivity index (χ2n) is 2.97. The monoisotopic (exact) mass is 239 g/mol. The molecule has 0 saturated carbocycles. The molecule has 1 heterocycles. The van der Waals surface area contributed by atoms with E-state index in [0.29, 0.717) is 5.02 Å². The average molecular weight is 240 g/mol. The highest BCUT2D eigenvalue weighted by Crippen LogP contribution is 2.20. The molecule has 0 N–H and O–H groups in total. The van der Waals surface area contributed by atoms with Crippen LogP contribution in [0.1, 0.15) is 5.82 Å². The molecule has 0 aliphatic heterocycles. The zero-order chi connectivity index (χ0) is 10.7. The molecule has 78 valence electrons. The van der Waals surface area contributed by atoms with Crippen molar-refractivity contribution in [3.8, 4) is 5.69 Å². The zero-order valence-electron chi connectivity index (χ0n) is 8.22. The SMILES string of the molecule is CSCc1ncnn1-c1ccccc1Cl. The number of halogens is 1. The van der Waals surface area contributed by atoms with E-state index in [-0.39, 0.29) is 0 Å². The van der Waals surface area contributed by atoms with Crippen LogP contribution in [-0.4, -0.2) is 21.0 Å². The minimum Gasteiger partial charge on any atom is -0.219 e. The van der Waals surface area contributed by atoms with Gasteiger partial charge in [-0.15, -0.1) is 0 Å². The number of hydrogen-bond donors (Lipinski definition) is 0. The van der Waals surface area contributed by atoms with Crippen molar-refractivity contribution in [1.82, 2.24) is 14.8 Å². The summed E-state index contributed by atoms with van der Waals surface area (Å²) in [5.74, 6) is 1.74. The Hall–Kier alpha value is -1.00. The Morgan fingerprint density at radius 2 is 2.20 bits per heavy atom. The van der Waals surface area contributed by atoms with Gasteiger partial charge in [0.1, 0.15) is 12.2 Å². The summed E-state index contributed by atoms with van der Waals surface area (Å²) in [6, 6.07) is 7.62. The van der Waals surface area contributed by atoms with Crippen molar-refractivity contribution in [1.29, 1.82) is 0 Å². The largest absolute Gasteiger partial charge is 0.219 e. The maximum atomic E-state index is 6.09. The minimum absolute atomic E-state index is 0.686. The molecule has 1 aromatic heterocycles. The number of para-hydroxylation sites is 1. The van der Waals surface area contributed by atoms with Crippen molar-refractivity contribution in [3.05, 3.63) is 41.4 Å². The number of benzene rings is 1. The van der Waals surface area contributed by atoms with Crippen LogP contribution in [-0.2, 0) is 5.75 Å². The summed E-state index contributed by atoms with van der Waals surface area (Å²) >= 11 is 7.80. The Morgan fingerprint density at radius 1 is 1.40 bits per heavy atom. The predicted octanol–water partition coefficient (Wildman–Crippen LogP) is 2.78. The Labute approximate surface area is 97.5 Å². The molecule has 0 aliphatic rings. The number of thioether (sulfide) groups is 1. The van der Waals surface area contributed by atoms with Crippen molar-refractivity contribution in [2.45, 2.75) is 5.75 Å². The van der Waals surface area contributed by atoms with Crippen molar-refractivity contribution < 1.29 is 0 Å². The second-order valence-corrected chi connectivity index (χ2v) is 4.25. The molecule has 5 heteroatoms. The quantitative estimate of drug-likeness (QED) is 0.825. The summed E-state index contributed by atoms with van der Waals surface area (Å²) in [5.41, 5.74) is 0.876. The molecule has 0 fully saturated rings. The van der Waals surface area contributed by atoms with Crippen LogP contribution in [0.25, 0.3) is 5.69 Å². The molecule has 15 heavy (non-hydrogen) atoms. The van der Waals surface area contributed by atoms with E-state index in [0.717, 1.165) is 17.3 Å². The van der Waals surface area contributed by atoms with Gasteiger partial charge >= 0.3 is 0 Å². The van der Waals surface area contributed by atoms with Crippen LogP contribution in [0, 0.1) is 0 Å². The molecular formula is C10H10ClN3S. The summed E-state index contributed by atoms with van der Waals surface area (Å²) in [5, 5.41) is 4.86. The molecule has 0 amide bonds. The van der Waals surface area contributed by atoms with Gasteiger partial charge < -0.3 is 0 Å². The lowest BCUT2D eigenvalue weighted by atomic mass is 10.3. The third-order valence-corrected chi connectivity index (χ3v) is 2.84. The molecule has 2 rings (SSSR count). The van der Waals surface area contributed by atoms with Gasteiger partial charge in [-0.25, -0.2) is 9.67 Å². The molecule has 1 aromatic carbocycles. The van der Waals surface area contributed by atoms with E-state index in [1.54, 1.807) is 22.8 Å². The van der Waals surface area contributed by atoms with E-state index in [2.05, 4.69) is 10.1 Å². The molecule has 0 unspecified atom stereocenters. The molecule has 0 aliphatic carbocycles. The first kappa shape index (κ1) is 10.5. The minimum atomic E-state index is 0.686. The summed E-state index contributed by atoms with van der Waals surface area (Å²) in [7, 11) is 0. The Kier molecular flexibility index (Phi) is 3.28. The van der Waals surface area contributed by atoms with Crippen molar-refractivity contribution >= 4 is 23.4 Å². The molecule has 3 nitrogen and oxygen atoms in total. The van der Waals surface area contributed by atoms with Crippen LogP contribution in [0.4, 0.5) is 0 Å². The first-order valence-electron chi connectivity index (χ1n) is 4.45. The molecule has 2 aromatic rings.